The Labute approximate surface area is 198 Å². The van der Waals surface area contributed by atoms with Gasteiger partial charge in [0.05, 0.1) is 34.0 Å². The van der Waals surface area contributed by atoms with Crippen LogP contribution < -0.4 is 19.9 Å². The number of carbonyl (C=O) groups is 3. The predicted octanol–water partition coefficient (Wildman–Crippen LogP) is 2.65. The highest BCUT2D eigenvalue weighted by Gasteiger charge is 2.46. The van der Waals surface area contributed by atoms with Crippen LogP contribution in [0.2, 0.25) is 4.34 Å². The number of aliphatic hydroxyl groups is 1. The molecule has 1 unspecified atom stereocenters. The van der Waals surface area contributed by atoms with Crippen LogP contribution in [0.5, 0.6) is 5.75 Å². The van der Waals surface area contributed by atoms with E-state index in [9.17, 15) is 19.5 Å². The number of rotatable bonds is 5. The van der Waals surface area contributed by atoms with Crippen molar-refractivity contribution in [2.75, 3.05) is 36.1 Å². The molecule has 3 aliphatic rings. The molecule has 3 amide bonds. The van der Waals surface area contributed by atoms with Crippen LogP contribution >= 0.6 is 22.9 Å². The van der Waals surface area contributed by atoms with Crippen LogP contribution in [0.1, 0.15) is 22.5 Å². The first-order valence-corrected chi connectivity index (χ1v) is 11.9. The highest BCUT2D eigenvalue weighted by atomic mass is 35.5. The molecule has 174 valence electrons. The molecule has 2 aromatic rings. The van der Waals surface area contributed by atoms with Crippen LogP contribution in [0.25, 0.3) is 0 Å². The summed E-state index contributed by atoms with van der Waals surface area (Å²) in [6, 6.07) is 8.15. The lowest BCUT2D eigenvalue weighted by atomic mass is 9.97. The number of benzene rings is 1. The normalized spacial score (nSPS) is 24.1. The Morgan fingerprint density at radius 3 is 2.88 bits per heavy atom. The minimum Gasteiger partial charge on any atom is -0.489 e. The molecule has 4 heterocycles. The second-order valence-electron chi connectivity index (χ2n) is 8.15. The quantitative estimate of drug-likeness (QED) is 0.665. The van der Waals surface area contributed by atoms with Crippen molar-refractivity contribution >= 4 is 52.2 Å². The number of cyclic esters (lactones) is 1. The average molecular weight is 492 g/mol. The van der Waals surface area contributed by atoms with Crippen molar-refractivity contribution in [1.82, 2.24) is 5.32 Å². The van der Waals surface area contributed by atoms with Gasteiger partial charge in [0.15, 0.2) is 0 Å². The largest absolute Gasteiger partial charge is 0.489 e. The fourth-order valence-electron chi connectivity index (χ4n) is 4.46. The third-order valence-electron chi connectivity index (χ3n) is 6.16. The molecule has 0 saturated carbocycles. The fourth-order valence-corrected chi connectivity index (χ4v) is 5.42. The number of aliphatic hydroxyl groups excluding tert-OH is 1. The van der Waals surface area contributed by atoms with Gasteiger partial charge in [-0.25, -0.2) is 4.79 Å². The standard InChI is InChI=1S/C22H22ClN3O6S/c23-19-6-5-18(33-19)20(28)24-9-17-15-11-31-16-8-13(3-4-14(16)26(15)22(30)32-17)25-7-1-2-12(10-27)21(25)29/h3-6,8,12,15,17,27H,1-2,7,9-11H2,(H,24,28)/t12?,15-,17-/m0/s1. The summed E-state index contributed by atoms with van der Waals surface area (Å²) in [5, 5.41) is 12.2. The predicted molar refractivity (Wildman–Crippen MR) is 122 cm³/mol. The zero-order valence-corrected chi connectivity index (χ0v) is 19.1. The maximum atomic E-state index is 12.6. The maximum absolute atomic E-state index is 12.6. The Bertz CT molecular complexity index is 1110. The van der Waals surface area contributed by atoms with Gasteiger partial charge in [-0.1, -0.05) is 11.6 Å². The van der Waals surface area contributed by atoms with Crippen LogP contribution in [0, 0.1) is 5.92 Å². The van der Waals surface area contributed by atoms with Crippen LogP contribution in [-0.4, -0.2) is 61.5 Å². The number of piperidine rings is 1. The first-order valence-electron chi connectivity index (χ1n) is 10.7. The zero-order chi connectivity index (χ0) is 23.1. The number of anilines is 2. The summed E-state index contributed by atoms with van der Waals surface area (Å²) in [5.41, 5.74) is 1.23. The lowest BCUT2D eigenvalue weighted by Gasteiger charge is -2.34. The van der Waals surface area contributed by atoms with Crippen molar-refractivity contribution in [3.05, 3.63) is 39.5 Å². The summed E-state index contributed by atoms with van der Waals surface area (Å²) in [6.07, 6.45) is 0.399. The van der Waals surface area contributed by atoms with E-state index in [1.807, 2.05) is 0 Å². The van der Waals surface area contributed by atoms with Crippen molar-refractivity contribution < 1.29 is 29.0 Å². The number of ether oxygens (including phenoxy) is 2. The molecule has 1 aromatic carbocycles. The fraction of sp³-hybridized carbons (Fsp3) is 0.409. The lowest BCUT2D eigenvalue weighted by Crippen LogP contribution is -2.48. The summed E-state index contributed by atoms with van der Waals surface area (Å²) >= 11 is 7.06. The van der Waals surface area contributed by atoms with Crippen LogP contribution in [-0.2, 0) is 9.53 Å². The number of carbonyl (C=O) groups excluding carboxylic acids is 3. The molecule has 9 nitrogen and oxygen atoms in total. The first-order chi connectivity index (χ1) is 16.0. The molecule has 5 rings (SSSR count). The van der Waals surface area contributed by atoms with Gasteiger partial charge in [-0.2, -0.15) is 0 Å². The Morgan fingerprint density at radius 2 is 2.12 bits per heavy atom. The van der Waals surface area contributed by atoms with Crippen LogP contribution in [0.15, 0.2) is 30.3 Å². The number of hydrogen-bond donors (Lipinski definition) is 2. The van der Waals surface area contributed by atoms with E-state index >= 15 is 0 Å². The van der Waals surface area contributed by atoms with E-state index in [2.05, 4.69) is 5.32 Å². The average Bonchev–Trinajstić information content (AvgIpc) is 3.40. The SMILES string of the molecule is O=C(NC[C@@H]1OC(=O)N2c3ccc(N4CCCC(CO)C4=O)cc3OC[C@@H]12)c1ccc(Cl)s1. The van der Waals surface area contributed by atoms with Gasteiger partial charge in [0.2, 0.25) is 5.91 Å². The number of amides is 3. The van der Waals surface area contributed by atoms with Crippen molar-refractivity contribution in [3.8, 4) is 5.75 Å². The van der Waals surface area contributed by atoms with E-state index in [4.69, 9.17) is 21.1 Å². The van der Waals surface area contributed by atoms with Gasteiger partial charge in [0, 0.05) is 18.3 Å². The van der Waals surface area contributed by atoms with E-state index in [1.165, 1.54) is 16.2 Å². The molecule has 0 radical (unpaired) electrons. The van der Waals surface area contributed by atoms with E-state index in [1.54, 1.807) is 35.2 Å². The third-order valence-corrected chi connectivity index (χ3v) is 7.39. The highest BCUT2D eigenvalue weighted by molar-refractivity contribution is 7.18. The van der Waals surface area contributed by atoms with Crippen molar-refractivity contribution in [2.45, 2.75) is 25.0 Å². The Kier molecular flexibility index (Phi) is 5.90. The van der Waals surface area contributed by atoms with Gasteiger partial charge < -0.3 is 24.8 Å². The second kappa shape index (κ2) is 8.85. The smallest absolute Gasteiger partial charge is 0.415 e. The van der Waals surface area contributed by atoms with E-state index in [-0.39, 0.29) is 31.6 Å². The van der Waals surface area contributed by atoms with E-state index < -0.39 is 24.2 Å². The van der Waals surface area contributed by atoms with Gasteiger partial charge >= 0.3 is 6.09 Å². The molecule has 3 atom stereocenters. The summed E-state index contributed by atoms with van der Waals surface area (Å²) in [4.78, 5) is 41.3. The molecule has 2 saturated heterocycles. The molecule has 0 bridgehead atoms. The van der Waals surface area contributed by atoms with Gasteiger partial charge in [-0.15, -0.1) is 11.3 Å². The molecule has 0 spiro atoms. The van der Waals surface area contributed by atoms with Gasteiger partial charge in [-0.05, 0) is 37.1 Å². The number of fused-ring (bicyclic) bond motifs is 3. The van der Waals surface area contributed by atoms with Crippen molar-refractivity contribution in [2.24, 2.45) is 5.92 Å². The topological polar surface area (TPSA) is 108 Å². The second-order valence-corrected chi connectivity index (χ2v) is 9.86. The number of halogens is 1. The van der Waals surface area contributed by atoms with E-state index in [0.29, 0.717) is 39.3 Å². The monoisotopic (exact) mass is 491 g/mol. The van der Waals surface area contributed by atoms with E-state index in [0.717, 1.165) is 6.42 Å². The van der Waals surface area contributed by atoms with Crippen molar-refractivity contribution in [1.29, 1.82) is 0 Å². The minimum absolute atomic E-state index is 0.110. The molecule has 2 fully saturated rings. The van der Waals surface area contributed by atoms with Gasteiger partial charge in [0.25, 0.3) is 5.91 Å². The molecule has 0 aliphatic carbocycles. The van der Waals surface area contributed by atoms with Crippen molar-refractivity contribution in [3.63, 3.8) is 0 Å². The molecule has 2 N–H and O–H groups in total. The van der Waals surface area contributed by atoms with Gasteiger partial charge in [0.1, 0.15) is 24.5 Å². The number of hydrogen-bond acceptors (Lipinski definition) is 7. The Balaban J connectivity index is 1.30. The third kappa shape index (κ3) is 4.03. The number of thiophene rings is 1. The highest BCUT2D eigenvalue weighted by Crippen LogP contribution is 2.41. The first kappa shape index (κ1) is 22.0. The molecule has 11 heteroatoms. The summed E-state index contributed by atoms with van der Waals surface area (Å²) in [6.45, 7) is 0.735. The van der Waals surface area contributed by atoms with Crippen LogP contribution in [0.4, 0.5) is 16.2 Å². The number of nitrogens with zero attached hydrogens (tertiary/aromatic N) is 2. The molecular weight excluding hydrogens is 470 g/mol. The summed E-state index contributed by atoms with van der Waals surface area (Å²) in [5.74, 6) is -0.302. The summed E-state index contributed by atoms with van der Waals surface area (Å²) in [7, 11) is 0. The zero-order valence-electron chi connectivity index (χ0n) is 17.5. The lowest BCUT2D eigenvalue weighted by molar-refractivity contribution is -0.125. The van der Waals surface area contributed by atoms with Gasteiger partial charge in [-0.3, -0.25) is 14.5 Å². The summed E-state index contributed by atoms with van der Waals surface area (Å²) < 4.78 is 12.0. The van der Waals surface area contributed by atoms with Crippen LogP contribution in [0.3, 0.4) is 0 Å². The molecule has 1 aromatic heterocycles. The Hall–Kier alpha value is -2.82. The Morgan fingerprint density at radius 1 is 1.27 bits per heavy atom. The molecule has 3 aliphatic heterocycles. The molecule has 33 heavy (non-hydrogen) atoms. The maximum Gasteiger partial charge on any atom is 0.415 e. The molecular formula is C22H22ClN3O6S. The minimum atomic E-state index is -0.571. The number of nitrogens with one attached hydrogen (secondary N) is 1.